The summed E-state index contributed by atoms with van der Waals surface area (Å²) in [4.78, 5) is 26.8. The largest absolute Gasteiger partial charge is 0.490 e. The number of alkyl halides is 3. The maximum absolute atomic E-state index is 14.8. The Morgan fingerprint density at radius 3 is 2.13 bits per heavy atom. The third kappa shape index (κ3) is 7.99. The number of likely N-dealkylation sites (tertiary alicyclic amines) is 2. The van der Waals surface area contributed by atoms with Crippen molar-refractivity contribution in [1.82, 2.24) is 19.6 Å². The number of carbonyl (C=O) groups excluding carboxylic acids is 1. The van der Waals surface area contributed by atoms with Crippen molar-refractivity contribution in [1.29, 1.82) is 0 Å². The molecule has 0 unspecified atom stereocenters. The molecular formula is C31H33ClF6N4O3. The van der Waals surface area contributed by atoms with Crippen molar-refractivity contribution in [3.63, 3.8) is 0 Å². The van der Waals surface area contributed by atoms with Crippen LogP contribution in [0.4, 0.5) is 26.3 Å². The number of carboxylic acids is 1. The van der Waals surface area contributed by atoms with Crippen LogP contribution in [0.3, 0.4) is 0 Å². The molecule has 2 fully saturated rings. The van der Waals surface area contributed by atoms with Crippen molar-refractivity contribution in [2.75, 3.05) is 26.2 Å². The first-order chi connectivity index (χ1) is 21.0. The summed E-state index contributed by atoms with van der Waals surface area (Å²) < 4.78 is 75.6. The fourth-order valence-electron chi connectivity index (χ4n) is 5.80. The van der Waals surface area contributed by atoms with E-state index in [9.17, 15) is 31.1 Å². The number of piperidine rings is 1. The number of carboxylic acid groups (broad SMARTS) is 1. The van der Waals surface area contributed by atoms with E-state index in [1.54, 1.807) is 23.0 Å². The SMILES string of the molecule is CC(C)(C)N1C[C@@H](C(=O)N2CCC(c3ccnn3-c3ccc(F)c(Cl)c3)CC2)[C@H](c2ccc(F)cc2F)C1.O=C(O)C(F)(F)F. The van der Waals surface area contributed by atoms with Gasteiger partial charge in [0.2, 0.25) is 5.91 Å². The van der Waals surface area contributed by atoms with Gasteiger partial charge in [0, 0.05) is 61.5 Å². The van der Waals surface area contributed by atoms with E-state index in [-0.39, 0.29) is 28.3 Å². The van der Waals surface area contributed by atoms with E-state index in [0.717, 1.165) is 24.6 Å². The minimum Gasteiger partial charge on any atom is -0.475 e. The second-order valence-corrected chi connectivity index (χ2v) is 12.5. The van der Waals surface area contributed by atoms with Gasteiger partial charge in [0.25, 0.3) is 0 Å². The molecule has 2 aliphatic rings. The van der Waals surface area contributed by atoms with Gasteiger partial charge in [-0.05, 0) is 69.5 Å². The molecule has 244 valence electrons. The van der Waals surface area contributed by atoms with Crippen molar-refractivity contribution in [3.05, 3.63) is 82.4 Å². The number of hydrogen-bond donors (Lipinski definition) is 1. The zero-order valence-corrected chi connectivity index (χ0v) is 25.5. The summed E-state index contributed by atoms with van der Waals surface area (Å²) in [5.74, 6) is -5.02. The van der Waals surface area contributed by atoms with Gasteiger partial charge in [-0.25, -0.2) is 22.6 Å². The zero-order chi connectivity index (χ0) is 33.3. The number of rotatable bonds is 4. The van der Waals surface area contributed by atoms with Gasteiger partial charge in [-0.2, -0.15) is 18.3 Å². The maximum Gasteiger partial charge on any atom is 0.490 e. The number of hydrogen-bond acceptors (Lipinski definition) is 4. The fourth-order valence-corrected chi connectivity index (χ4v) is 5.98. The molecule has 0 spiro atoms. The average molecular weight is 659 g/mol. The Labute approximate surface area is 261 Å². The number of carbonyl (C=O) groups is 2. The van der Waals surface area contributed by atoms with Crippen molar-refractivity contribution < 1.29 is 41.0 Å². The van der Waals surface area contributed by atoms with E-state index in [2.05, 4.69) is 30.8 Å². The van der Waals surface area contributed by atoms with Crippen LogP contribution in [0.25, 0.3) is 5.69 Å². The molecule has 45 heavy (non-hydrogen) atoms. The predicted molar refractivity (Wildman–Crippen MR) is 155 cm³/mol. The van der Waals surface area contributed by atoms with Gasteiger partial charge in [0.15, 0.2) is 0 Å². The molecule has 0 radical (unpaired) electrons. The molecule has 7 nitrogen and oxygen atoms in total. The molecule has 0 aliphatic carbocycles. The summed E-state index contributed by atoms with van der Waals surface area (Å²) in [5.41, 5.74) is 1.89. The lowest BCUT2D eigenvalue weighted by molar-refractivity contribution is -0.192. The number of amides is 1. The van der Waals surface area contributed by atoms with Crippen molar-refractivity contribution in [2.24, 2.45) is 5.92 Å². The normalized spacial score (nSPS) is 19.7. The molecule has 3 heterocycles. The third-order valence-corrected chi connectivity index (χ3v) is 8.52. The van der Waals surface area contributed by atoms with Crippen LogP contribution in [-0.4, -0.2) is 74.5 Å². The standard InChI is InChI=1S/C29H32ClF3N4O.C2HF3O2/c1-29(2,3)36-16-22(21-6-4-19(31)14-26(21)33)23(17-36)28(38)35-12-9-18(10-13-35)27-8-11-34-37(27)20-5-7-25(32)24(30)15-20;3-2(4,5)1(6)7/h4-8,11,14-15,18,22-23H,9-10,12-13,16-17H2,1-3H3;(H,6,7)/t22-,23+;/m0./s1. The van der Waals surface area contributed by atoms with Crippen LogP contribution in [0.1, 0.15) is 56.7 Å². The molecule has 5 rings (SSSR count). The lowest BCUT2D eigenvalue weighted by Gasteiger charge is -2.35. The fraction of sp³-hybridized carbons (Fsp3) is 0.452. The Hall–Kier alpha value is -3.58. The van der Waals surface area contributed by atoms with E-state index in [4.69, 9.17) is 21.5 Å². The number of benzene rings is 2. The van der Waals surface area contributed by atoms with Crippen molar-refractivity contribution in [2.45, 2.75) is 57.2 Å². The Balaban J connectivity index is 0.000000591. The molecule has 3 aromatic rings. The molecule has 2 atom stereocenters. The number of aromatic nitrogens is 2. The quantitative estimate of drug-likeness (QED) is 0.312. The van der Waals surface area contributed by atoms with Crippen LogP contribution in [0.2, 0.25) is 5.02 Å². The summed E-state index contributed by atoms with van der Waals surface area (Å²) >= 11 is 5.99. The summed E-state index contributed by atoms with van der Waals surface area (Å²) in [6.07, 6.45) is -1.87. The number of nitrogens with zero attached hydrogens (tertiary/aromatic N) is 4. The smallest absolute Gasteiger partial charge is 0.475 e. The number of aliphatic carboxylic acids is 1. The van der Waals surface area contributed by atoms with Gasteiger partial charge >= 0.3 is 12.1 Å². The summed E-state index contributed by atoms with van der Waals surface area (Å²) in [6, 6.07) is 10.1. The Morgan fingerprint density at radius 2 is 1.58 bits per heavy atom. The molecule has 2 aromatic carbocycles. The van der Waals surface area contributed by atoms with Gasteiger partial charge in [0.1, 0.15) is 17.5 Å². The zero-order valence-electron chi connectivity index (χ0n) is 24.8. The Bertz CT molecular complexity index is 1530. The molecule has 0 bridgehead atoms. The monoisotopic (exact) mass is 658 g/mol. The van der Waals surface area contributed by atoms with Crippen molar-refractivity contribution >= 4 is 23.5 Å². The molecule has 14 heteroatoms. The minimum absolute atomic E-state index is 0.0164. The van der Waals surface area contributed by atoms with Crippen LogP contribution < -0.4 is 0 Å². The molecule has 0 saturated carbocycles. The third-order valence-electron chi connectivity index (χ3n) is 8.23. The topological polar surface area (TPSA) is 78.7 Å². The first-order valence-corrected chi connectivity index (χ1v) is 14.6. The molecule has 2 aliphatic heterocycles. The molecular weight excluding hydrogens is 626 g/mol. The summed E-state index contributed by atoms with van der Waals surface area (Å²) in [6.45, 7) is 8.47. The van der Waals surface area contributed by atoms with Gasteiger partial charge in [0.05, 0.1) is 16.6 Å². The highest BCUT2D eigenvalue weighted by Gasteiger charge is 2.45. The van der Waals surface area contributed by atoms with E-state index in [1.807, 2.05) is 11.0 Å². The predicted octanol–water partition coefficient (Wildman–Crippen LogP) is 6.80. The Morgan fingerprint density at radius 1 is 0.933 bits per heavy atom. The second-order valence-electron chi connectivity index (χ2n) is 12.1. The van der Waals surface area contributed by atoms with E-state index in [0.29, 0.717) is 37.4 Å². The maximum atomic E-state index is 14.8. The van der Waals surface area contributed by atoms with Gasteiger partial charge in [-0.15, -0.1) is 0 Å². The van der Waals surface area contributed by atoms with Gasteiger partial charge in [-0.1, -0.05) is 17.7 Å². The molecule has 1 aromatic heterocycles. The van der Waals surface area contributed by atoms with Crippen LogP contribution in [0.15, 0.2) is 48.7 Å². The number of halogens is 7. The lowest BCUT2D eigenvalue weighted by Crippen LogP contribution is -2.44. The summed E-state index contributed by atoms with van der Waals surface area (Å²) in [7, 11) is 0. The highest BCUT2D eigenvalue weighted by atomic mass is 35.5. The molecule has 1 N–H and O–H groups in total. The molecule has 2 saturated heterocycles. The van der Waals surface area contributed by atoms with E-state index < -0.39 is 35.5 Å². The first-order valence-electron chi connectivity index (χ1n) is 14.3. The van der Waals surface area contributed by atoms with E-state index in [1.165, 1.54) is 18.2 Å². The van der Waals surface area contributed by atoms with E-state index >= 15 is 0 Å². The highest BCUT2D eigenvalue weighted by Crippen LogP contribution is 2.39. The lowest BCUT2D eigenvalue weighted by atomic mass is 9.86. The average Bonchev–Trinajstić information content (AvgIpc) is 3.62. The van der Waals surface area contributed by atoms with Gasteiger partial charge < -0.3 is 10.0 Å². The summed E-state index contributed by atoms with van der Waals surface area (Å²) in [5, 5.41) is 11.6. The highest BCUT2D eigenvalue weighted by molar-refractivity contribution is 6.30. The van der Waals surface area contributed by atoms with Crippen LogP contribution in [-0.2, 0) is 9.59 Å². The van der Waals surface area contributed by atoms with Gasteiger partial charge in [-0.3, -0.25) is 9.69 Å². The Kier molecular flexibility index (Phi) is 10.2. The second kappa shape index (κ2) is 13.4. The van der Waals surface area contributed by atoms with Crippen molar-refractivity contribution in [3.8, 4) is 5.69 Å². The van der Waals surface area contributed by atoms with Crippen LogP contribution in [0.5, 0.6) is 0 Å². The minimum atomic E-state index is -5.08. The molecule has 1 amide bonds. The van der Waals surface area contributed by atoms with Crippen LogP contribution in [0, 0.1) is 23.4 Å². The first kappa shape index (κ1) is 34.3. The van der Waals surface area contributed by atoms with Crippen LogP contribution >= 0.6 is 11.6 Å².